The highest BCUT2D eigenvalue weighted by Gasteiger charge is 2.30. The van der Waals surface area contributed by atoms with Crippen molar-refractivity contribution in [2.45, 2.75) is 12.5 Å². The molecule has 0 amide bonds. The van der Waals surface area contributed by atoms with Crippen LogP contribution in [0.25, 0.3) is 11.2 Å². The Labute approximate surface area is 114 Å². The van der Waals surface area contributed by atoms with Crippen LogP contribution in [0, 0.1) is 4.77 Å². The van der Waals surface area contributed by atoms with Gasteiger partial charge in [0.05, 0.1) is 28.1 Å². The van der Waals surface area contributed by atoms with Crippen molar-refractivity contribution in [1.29, 1.82) is 0 Å². The number of fused-ring (bicyclic) bond motifs is 1. The van der Waals surface area contributed by atoms with Gasteiger partial charge in [0.1, 0.15) is 0 Å². The van der Waals surface area contributed by atoms with Crippen molar-refractivity contribution in [3.8, 4) is 0 Å². The van der Waals surface area contributed by atoms with Crippen molar-refractivity contribution >= 4 is 44.8 Å². The molecule has 1 fully saturated rings. The molecular weight excluding hydrogens is 294 g/mol. The van der Waals surface area contributed by atoms with Crippen molar-refractivity contribution in [2.24, 2.45) is 0 Å². The Morgan fingerprint density at radius 3 is 3.00 bits per heavy atom. The fourth-order valence-corrected chi connectivity index (χ4v) is 4.51. The van der Waals surface area contributed by atoms with Gasteiger partial charge in [-0.3, -0.25) is 4.57 Å². The van der Waals surface area contributed by atoms with Gasteiger partial charge in [0.25, 0.3) is 0 Å². The van der Waals surface area contributed by atoms with Crippen LogP contribution in [0.15, 0.2) is 12.3 Å². The lowest BCUT2D eigenvalue weighted by molar-refractivity contribution is 0.560. The molecule has 1 saturated heterocycles. The van der Waals surface area contributed by atoms with Crippen LogP contribution in [0.5, 0.6) is 0 Å². The number of aromatic amines is 1. The van der Waals surface area contributed by atoms with Crippen LogP contribution in [0.4, 0.5) is 0 Å². The normalized spacial score (nSPS) is 22.6. The molecule has 3 heterocycles. The maximum absolute atomic E-state index is 11.5. The zero-order valence-electron chi connectivity index (χ0n) is 9.26. The minimum absolute atomic E-state index is 0.124. The molecule has 0 radical (unpaired) electrons. The Morgan fingerprint density at radius 2 is 2.33 bits per heavy atom. The van der Waals surface area contributed by atoms with E-state index in [-0.39, 0.29) is 17.5 Å². The van der Waals surface area contributed by atoms with Gasteiger partial charge in [-0.05, 0) is 24.7 Å². The van der Waals surface area contributed by atoms with Crippen LogP contribution in [-0.2, 0) is 9.84 Å². The second-order valence-electron chi connectivity index (χ2n) is 4.38. The van der Waals surface area contributed by atoms with Gasteiger partial charge in [-0.2, -0.15) is 0 Å². The summed E-state index contributed by atoms with van der Waals surface area (Å²) in [7, 11) is -2.95. The number of pyridine rings is 1. The summed E-state index contributed by atoms with van der Waals surface area (Å²) in [6, 6.07) is 1.60. The smallest absolute Gasteiger partial charge is 0.179 e. The summed E-state index contributed by atoms with van der Waals surface area (Å²) in [4.78, 5) is 7.24. The number of imidazole rings is 1. The number of H-pyrrole nitrogens is 1. The molecule has 0 saturated carbocycles. The minimum atomic E-state index is -2.95. The van der Waals surface area contributed by atoms with Crippen molar-refractivity contribution < 1.29 is 8.42 Å². The second-order valence-corrected chi connectivity index (χ2v) is 7.43. The van der Waals surface area contributed by atoms with E-state index in [9.17, 15) is 8.42 Å². The summed E-state index contributed by atoms with van der Waals surface area (Å²) < 4.78 is 25.3. The fraction of sp³-hybridized carbons (Fsp3) is 0.400. The van der Waals surface area contributed by atoms with Crippen LogP contribution in [0.3, 0.4) is 0 Å². The molecule has 1 atom stereocenters. The number of hydrogen-bond donors (Lipinski definition) is 1. The van der Waals surface area contributed by atoms with E-state index >= 15 is 0 Å². The summed E-state index contributed by atoms with van der Waals surface area (Å²) in [5, 5.41) is 0.518. The first-order chi connectivity index (χ1) is 8.46. The average Bonchev–Trinajstić information content (AvgIpc) is 2.77. The summed E-state index contributed by atoms with van der Waals surface area (Å²) in [5.74, 6) is 0.332. The van der Waals surface area contributed by atoms with Gasteiger partial charge in [0, 0.05) is 6.20 Å². The van der Waals surface area contributed by atoms with Gasteiger partial charge in [0.2, 0.25) is 0 Å². The SMILES string of the molecule is O=S1(=O)CCC(n2c(=S)[nH]c3cc(Cl)cnc32)C1. The second kappa shape index (κ2) is 4.04. The number of halogens is 1. The van der Waals surface area contributed by atoms with Gasteiger partial charge >= 0.3 is 0 Å². The standard InChI is InChI=1S/C10H10ClN3O2S2/c11-6-3-8-9(12-4-6)14(10(17)13-8)7-1-2-18(15,16)5-7/h3-4,7H,1-2,5H2,(H,13,17). The van der Waals surface area contributed by atoms with Crippen molar-refractivity contribution in [1.82, 2.24) is 14.5 Å². The van der Waals surface area contributed by atoms with Crippen LogP contribution in [0.2, 0.25) is 5.02 Å². The molecule has 1 N–H and O–H groups in total. The quantitative estimate of drug-likeness (QED) is 0.819. The molecule has 0 spiro atoms. The minimum Gasteiger partial charge on any atom is -0.329 e. The van der Waals surface area contributed by atoms with Gasteiger partial charge in [0.15, 0.2) is 20.3 Å². The Balaban J connectivity index is 2.18. The van der Waals surface area contributed by atoms with E-state index < -0.39 is 9.84 Å². The van der Waals surface area contributed by atoms with E-state index in [0.29, 0.717) is 21.9 Å². The summed E-state index contributed by atoms with van der Waals surface area (Å²) >= 11 is 11.1. The molecule has 2 aromatic heterocycles. The molecule has 18 heavy (non-hydrogen) atoms. The molecule has 5 nitrogen and oxygen atoms in total. The van der Waals surface area contributed by atoms with Gasteiger partial charge in [-0.25, -0.2) is 13.4 Å². The maximum Gasteiger partial charge on any atom is 0.179 e. The van der Waals surface area contributed by atoms with Crippen molar-refractivity contribution in [2.75, 3.05) is 11.5 Å². The van der Waals surface area contributed by atoms with Gasteiger partial charge in [-0.15, -0.1) is 0 Å². The highest BCUT2D eigenvalue weighted by Crippen LogP contribution is 2.28. The molecule has 1 aliphatic rings. The first-order valence-corrected chi connectivity index (χ1v) is 8.03. The molecule has 1 unspecified atom stereocenters. The van der Waals surface area contributed by atoms with E-state index in [4.69, 9.17) is 23.8 Å². The predicted molar refractivity (Wildman–Crippen MR) is 72.2 cm³/mol. The topological polar surface area (TPSA) is 67.8 Å². The first-order valence-electron chi connectivity index (χ1n) is 5.42. The zero-order valence-corrected chi connectivity index (χ0v) is 11.6. The van der Waals surface area contributed by atoms with Gasteiger partial charge < -0.3 is 4.98 Å². The van der Waals surface area contributed by atoms with Crippen LogP contribution in [-0.4, -0.2) is 34.5 Å². The molecule has 2 aromatic rings. The third-order valence-electron chi connectivity index (χ3n) is 3.10. The fourth-order valence-electron chi connectivity index (χ4n) is 2.31. The number of hydrogen-bond acceptors (Lipinski definition) is 4. The van der Waals surface area contributed by atoms with E-state index in [0.717, 1.165) is 5.52 Å². The van der Waals surface area contributed by atoms with Gasteiger partial charge in [-0.1, -0.05) is 11.6 Å². The highest BCUT2D eigenvalue weighted by molar-refractivity contribution is 7.91. The number of nitrogens with zero attached hydrogens (tertiary/aromatic N) is 2. The summed E-state index contributed by atoms with van der Waals surface area (Å²) in [6.45, 7) is 0. The van der Waals surface area contributed by atoms with Crippen molar-refractivity contribution in [3.05, 3.63) is 22.1 Å². The van der Waals surface area contributed by atoms with Crippen LogP contribution in [0.1, 0.15) is 12.5 Å². The van der Waals surface area contributed by atoms with Crippen LogP contribution >= 0.6 is 23.8 Å². The third-order valence-corrected chi connectivity index (χ3v) is 5.35. The Bertz CT molecular complexity index is 778. The molecule has 96 valence electrons. The van der Waals surface area contributed by atoms with E-state index in [2.05, 4.69) is 9.97 Å². The lowest BCUT2D eigenvalue weighted by Crippen LogP contribution is -2.11. The third kappa shape index (κ3) is 1.96. The Hall–Kier alpha value is -0.920. The van der Waals surface area contributed by atoms with E-state index in [1.165, 1.54) is 6.20 Å². The average molecular weight is 304 g/mol. The lowest BCUT2D eigenvalue weighted by Gasteiger charge is -2.10. The Kier molecular flexibility index (Phi) is 2.72. The molecule has 3 rings (SSSR count). The molecule has 8 heteroatoms. The van der Waals surface area contributed by atoms with Crippen LogP contribution < -0.4 is 0 Å². The Morgan fingerprint density at radius 1 is 1.56 bits per heavy atom. The molecule has 0 bridgehead atoms. The first kappa shape index (κ1) is 12.1. The predicted octanol–water partition coefficient (Wildman–Crippen LogP) is 2.11. The lowest BCUT2D eigenvalue weighted by atomic mass is 10.2. The summed E-state index contributed by atoms with van der Waals surface area (Å²) in [6.07, 6.45) is 2.11. The molecular formula is C10H10ClN3O2S2. The maximum atomic E-state index is 11.5. The largest absolute Gasteiger partial charge is 0.329 e. The van der Waals surface area contributed by atoms with Crippen molar-refractivity contribution in [3.63, 3.8) is 0 Å². The molecule has 1 aliphatic heterocycles. The summed E-state index contributed by atoms with van der Waals surface area (Å²) in [5.41, 5.74) is 1.39. The highest BCUT2D eigenvalue weighted by atomic mass is 35.5. The number of sulfone groups is 1. The number of aromatic nitrogens is 3. The number of rotatable bonds is 1. The number of nitrogens with one attached hydrogen (secondary N) is 1. The zero-order chi connectivity index (χ0) is 12.9. The molecule has 0 aliphatic carbocycles. The molecule has 0 aromatic carbocycles. The van der Waals surface area contributed by atoms with E-state index in [1.807, 2.05) is 0 Å². The monoisotopic (exact) mass is 303 g/mol. The van der Waals surface area contributed by atoms with E-state index in [1.54, 1.807) is 10.6 Å².